The predicted molar refractivity (Wildman–Crippen MR) is 57.1 cm³/mol. The highest BCUT2D eigenvalue weighted by Crippen LogP contribution is 2.29. The van der Waals surface area contributed by atoms with Crippen LogP contribution in [0.1, 0.15) is 0 Å². The molecule has 2 aliphatic rings. The quantitative estimate of drug-likeness (QED) is 0.472. The number of aromatic amines is 1. The Balaban J connectivity index is 2.45. The number of tetrazole rings is 1. The smallest absolute Gasteiger partial charge is 0.205 e. The molecular formula is C10H6N6. The van der Waals surface area contributed by atoms with Crippen molar-refractivity contribution in [3.8, 4) is 11.4 Å². The molecule has 0 spiro atoms. The molecule has 0 bridgehead atoms. The molecule has 0 unspecified atom stereocenters. The molecule has 1 N–H and O–H groups in total. The van der Waals surface area contributed by atoms with E-state index in [2.05, 4.69) is 25.5 Å². The third kappa shape index (κ3) is 0.773. The molecule has 1 aromatic carbocycles. The summed E-state index contributed by atoms with van der Waals surface area (Å²) in [4.78, 5) is 8.49. The Bertz CT molecular complexity index is 767. The molecule has 2 aromatic rings. The van der Waals surface area contributed by atoms with Crippen LogP contribution >= 0.6 is 0 Å². The van der Waals surface area contributed by atoms with Gasteiger partial charge in [0.05, 0.1) is 5.52 Å². The van der Waals surface area contributed by atoms with E-state index in [-0.39, 0.29) is 0 Å². The van der Waals surface area contributed by atoms with Crippen molar-refractivity contribution in [2.24, 2.45) is 0 Å². The number of para-hydroxylation sites is 1. The molecule has 76 valence electrons. The van der Waals surface area contributed by atoms with Crippen LogP contribution in [0.4, 0.5) is 0 Å². The van der Waals surface area contributed by atoms with Crippen molar-refractivity contribution in [1.29, 1.82) is 0 Å². The van der Waals surface area contributed by atoms with Crippen molar-refractivity contribution in [3.63, 3.8) is 0 Å². The molecule has 16 heavy (non-hydrogen) atoms. The Morgan fingerprint density at radius 3 is 2.94 bits per heavy atom. The van der Waals surface area contributed by atoms with Gasteiger partial charge in [0.25, 0.3) is 0 Å². The Morgan fingerprint density at radius 2 is 1.94 bits per heavy atom. The highest BCUT2D eigenvalue weighted by molar-refractivity contribution is 5.97. The van der Waals surface area contributed by atoms with Gasteiger partial charge in [0.1, 0.15) is 17.7 Å². The van der Waals surface area contributed by atoms with Gasteiger partial charge >= 0.3 is 0 Å². The summed E-state index contributed by atoms with van der Waals surface area (Å²) >= 11 is 0. The number of hydrogen-bond acceptors (Lipinski definition) is 4. The first-order valence-electron chi connectivity index (χ1n) is 4.86. The number of hydrogen-bond donors (Lipinski definition) is 1. The number of aromatic nitrogens is 6. The normalized spacial score (nSPS) is 11.8. The van der Waals surface area contributed by atoms with Crippen LogP contribution in [-0.4, -0.2) is 30.0 Å². The lowest BCUT2D eigenvalue weighted by atomic mass is 10.1. The zero-order chi connectivity index (χ0) is 10.5. The first-order valence-corrected chi connectivity index (χ1v) is 4.86. The van der Waals surface area contributed by atoms with Crippen LogP contribution in [0.25, 0.3) is 27.9 Å². The minimum atomic E-state index is 0.700. The Hall–Kier alpha value is -2.50. The van der Waals surface area contributed by atoms with Gasteiger partial charge in [0, 0.05) is 5.39 Å². The largest absolute Gasteiger partial charge is 0.234 e. The van der Waals surface area contributed by atoms with Crippen molar-refractivity contribution in [2.75, 3.05) is 0 Å². The average molecular weight is 210 g/mol. The van der Waals surface area contributed by atoms with E-state index in [0.717, 1.165) is 22.3 Å². The zero-order valence-corrected chi connectivity index (χ0v) is 8.12. The van der Waals surface area contributed by atoms with Crippen LogP contribution in [0.2, 0.25) is 0 Å². The van der Waals surface area contributed by atoms with Crippen LogP contribution in [0.5, 0.6) is 0 Å². The van der Waals surface area contributed by atoms with Crippen LogP contribution in [0, 0.1) is 0 Å². The molecule has 6 nitrogen and oxygen atoms in total. The Labute approximate surface area is 89.3 Å². The third-order valence-electron chi connectivity index (χ3n) is 2.71. The number of imidazole rings is 1. The van der Waals surface area contributed by atoms with Gasteiger partial charge in [-0.25, -0.2) is 14.5 Å². The first kappa shape index (κ1) is 7.75. The molecule has 0 aliphatic carbocycles. The SMILES string of the molecule is c1ccc2c(c1)c1ncnc-1c1nn[nH]n12. The fourth-order valence-electron chi connectivity index (χ4n) is 2.02. The summed E-state index contributed by atoms with van der Waals surface area (Å²) in [6, 6.07) is 7.96. The van der Waals surface area contributed by atoms with Crippen molar-refractivity contribution in [1.82, 2.24) is 30.0 Å². The molecule has 6 heteroatoms. The topological polar surface area (TPSA) is 71.8 Å². The van der Waals surface area contributed by atoms with E-state index in [1.165, 1.54) is 0 Å². The second-order valence-electron chi connectivity index (χ2n) is 3.55. The van der Waals surface area contributed by atoms with E-state index in [0.29, 0.717) is 5.65 Å². The van der Waals surface area contributed by atoms with Gasteiger partial charge in [-0.15, -0.1) is 5.10 Å². The number of nitrogens with one attached hydrogen (secondary N) is 1. The van der Waals surface area contributed by atoms with E-state index < -0.39 is 0 Å². The van der Waals surface area contributed by atoms with Crippen LogP contribution in [0.3, 0.4) is 0 Å². The van der Waals surface area contributed by atoms with Crippen LogP contribution < -0.4 is 0 Å². The molecule has 4 rings (SSSR count). The van der Waals surface area contributed by atoms with E-state index in [1.807, 2.05) is 28.8 Å². The second kappa shape index (κ2) is 2.54. The summed E-state index contributed by atoms with van der Waals surface area (Å²) in [6.45, 7) is 0. The molecule has 0 amide bonds. The number of rotatable bonds is 0. The number of nitrogens with zero attached hydrogens (tertiary/aromatic N) is 5. The van der Waals surface area contributed by atoms with Gasteiger partial charge in [0.15, 0.2) is 0 Å². The predicted octanol–water partition coefficient (Wildman–Crippen LogP) is 1.11. The third-order valence-corrected chi connectivity index (χ3v) is 2.71. The highest BCUT2D eigenvalue weighted by atomic mass is 15.5. The van der Waals surface area contributed by atoms with Crippen molar-refractivity contribution in [3.05, 3.63) is 30.6 Å². The van der Waals surface area contributed by atoms with E-state index in [4.69, 9.17) is 0 Å². The maximum Gasteiger partial charge on any atom is 0.205 e. The maximum absolute atomic E-state index is 4.27. The molecule has 2 aliphatic heterocycles. The molecule has 0 atom stereocenters. The highest BCUT2D eigenvalue weighted by Gasteiger charge is 2.17. The molecular weight excluding hydrogens is 204 g/mol. The molecule has 0 saturated heterocycles. The first-order chi connectivity index (χ1) is 7.95. The standard InChI is InChI=1S/C10H6N6/c1-2-4-7-6(3-1)8-9(12-5-11-8)10-13-14-15-16(7)10/h1-5H,(H,13,15). The van der Waals surface area contributed by atoms with Crippen molar-refractivity contribution in [2.45, 2.75) is 0 Å². The zero-order valence-electron chi connectivity index (χ0n) is 8.12. The molecule has 0 saturated carbocycles. The number of benzene rings is 1. The van der Waals surface area contributed by atoms with Crippen LogP contribution in [-0.2, 0) is 0 Å². The summed E-state index contributed by atoms with van der Waals surface area (Å²) < 4.78 is 1.81. The van der Waals surface area contributed by atoms with Gasteiger partial charge in [-0.05, 0) is 6.07 Å². The molecule has 3 heterocycles. The number of pyridine rings is 1. The lowest BCUT2D eigenvalue weighted by Crippen LogP contribution is -1.95. The summed E-state index contributed by atoms with van der Waals surface area (Å²) in [5.74, 6) is 0. The van der Waals surface area contributed by atoms with E-state index >= 15 is 0 Å². The Morgan fingerprint density at radius 1 is 1.06 bits per heavy atom. The maximum atomic E-state index is 4.27. The van der Waals surface area contributed by atoms with Gasteiger partial charge in [-0.2, -0.15) is 5.21 Å². The number of H-pyrrole nitrogens is 1. The van der Waals surface area contributed by atoms with Gasteiger partial charge < -0.3 is 0 Å². The van der Waals surface area contributed by atoms with Gasteiger partial charge in [-0.1, -0.05) is 23.4 Å². The lowest BCUT2D eigenvalue weighted by Gasteiger charge is -2.04. The Kier molecular flexibility index (Phi) is 1.23. The van der Waals surface area contributed by atoms with Crippen molar-refractivity contribution < 1.29 is 0 Å². The van der Waals surface area contributed by atoms with Gasteiger partial charge in [-0.3, -0.25) is 0 Å². The monoisotopic (exact) mass is 210 g/mol. The lowest BCUT2D eigenvalue weighted by molar-refractivity contribution is 0.841. The average Bonchev–Trinajstić information content (AvgIpc) is 2.98. The number of fused-ring (bicyclic) bond motifs is 6. The minimum Gasteiger partial charge on any atom is -0.234 e. The molecule has 1 aromatic heterocycles. The summed E-state index contributed by atoms with van der Waals surface area (Å²) in [5, 5.41) is 11.7. The van der Waals surface area contributed by atoms with Crippen molar-refractivity contribution >= 4 is 16.6 Å². The summed E-state index contributed by atoms with van der Waals surface area (Å²) in [7, 11) is 0. The summed E-state index contributed by atoms with van der Waals surface area (Å²) in [6.07, 6.45) is 1.55. The van der Waals surface area contributed by atoms with Crippen LogP contribution in [0.15, 0.2) is 30.6 Å². The summed E-state index contributed by atoms with van der Waals surface area (Å²) in [5.41, 5.74) is 3.33. The van der Waals surface area contributed by atoms with E-state index in [9.17, 15) is 0 Å². The fraction of sp³-hybridized carbons (Fsp3) is 0. The van der Waals surface area contributed by atoms with Gasteiger partial charge in [0.2, 0.25) is 5.65 Å². The molecule has 0 fully saturated rings. The molecule has 0 radical (unpaired) electrons. The van der Waals surface area contributed by atoms with E-state index in [1.54, 1.807) is 6.33 Å². The minimum absolute atomic E-state index is 0.700. The fourth-order valence-corrected chi connectivity index (χ4v) is 2.02. The second-order valence-corrected chi connectivity index (χ2v) is 3.55.